The summed E-state index contributed by atoms with van der Waals surface area (Å²) in [6, 6.07) is 15.6. The number of carbonyl (C=O) groups is 1. The molecule has 1 aliphatic heterocycles. The molecule has 2 N–H and O–H groups in total. The smallest absolute Gasteiger partial charge is 0.332 e. The third-order valence-corrected chi connectivity index (χ3v) is 6.19. The highest BCUT2D eigenvalue weighted by molar-refractivity contribution is 6.01. The van der Waals surface area contributed by atoms with E-state index in [9.17, 15) is 24.5 Å². The lowest BCUT2D eigenvalue weighted by Crippen LogP contribution is -2.49. The van der Waals surface area contributed by atoms with Gasteiger partial charge in [-0.3, -0.25) is 33.7 Å². The Balaban J connectivity index is 1.50. The molecule has 1 fully saturated rings. The van der Waals surface area contributed by atoms with E-state index in [-0.39, 0.29) is 30.2 Å². The summed E-state index contributed by atoms with van der Waals surface area (Å²) in [5.41, 5.74) is 6.29. The first-order valence-electron chi connectivity index (χ1n) is 11.1. The Morgan fingerprint density at radius 2 is 1.71 bits per heavy atom. The van der Waals surface area contributed by atoms with Gasteiger partial charge in [-0.25, -0.2) is 4.79 Å². The van der Waals surface area contributed by atoms with Crippen LogP contribution < -0.4 is 21.9 Å². The highest BCUT2D eigenvalue weighted by atomic mass is 16.6. The molecule has 182 valence electrons. The quantitative estimate of drug-likeness (QED) is 0.303. The number of hydrogen-bond acceptors (Lipinski definition) is 8. The molecule has 0 amide bonds. The van der Waals surface area contributed by atoms with Gasteiger partial charge >= 0.3 is 5.69 Å². The minimum Gasteiger partial charge on any atom is -0.384 e. The molecule has 0 atom stereocenters. The first-order chi connectivity index (χ1) is 16.8. The average molecular weight is 479 g/mol. The first kappa shape index (κ1) is 23.9. The molecule has 2 aromatic carbocycles. The number of benzene rings is 2. The zero-order chi connectivity index (χ0) is 25.1. The Morgan fingerprint density at radius 1 is 1.03 bits per heavy atom. The van der Waals surface area contributed by atoms with Crippen molar-refractivity contribution >= 4 is 23.0 Å². The van der Waals surface area contributed by atoms with E-state index in [0.717, 1.165) is 15.8 Å². The molecule has 4 rings (SSSR count). The minimum absolute atomic E-state index is 0.0221. The van der Waals surface area contributed by atoms with Gasteiger partial charge in [-0.05, 0) is 11.6 Å². The van der Waals surface area contributed by atoms with E-state index in [1.54, 1.807) is 6.07 Å². The van der Waals surface area contributed by atoms with Gasteiger partial charge in [0.25, 0.3) is 11.2 Å². The summed E-state index contributed by atoms with van der Waals surface area (Å²) in [5.74, 6) is -0.587. The van der Waals surface area contributed by atoms with Crippen LogP contribution in [0.25, 0.3) is 0 Å². The predicted octanol–water partition coefficient (Wildman–Crippen LogP) is 1.09. The molecule has 1 aromatic heterocycles. The zero-order valence-corrected chi connectivity index (χ0v) is 19.3. The number of piperazine rings is 1. The first-order valence-corrected chi connectivity index (χ1v) is 11.1. The summed E-state index contributed by atoms with van der Waals surface area (Å²) in [7, 11) is 1.33. The fourth-order valence-electron chi connectivity index (χ4n) is 4.21. The number of nitrogen functional groups attached to an aromatic ring is 1. The van der Waals surface area contributed by atoms with Gasteiger partial charge in [0.2, 0.25) is 0 Å². The molecule has 3 aromatic rings. The molecule has 1 saturated heterocycles. The van der Waals surface area contributed by atoms with Crippen molar-refractivity contribution in [2.45, 2.75) is 6.54 Å². The maximum Gasteiger partial charge on any atom is 0.332 e. The third-order valence-electron chi connectivity index (χ3n) is 6.19. The Kier molecular flexibility index (Phi) is 6.78. The third kappa shape index (κ3) is 4.99. The largest absolute Gasteiger partial charge is 0.384 e. The van der Waals surface area contributed by atoms with E-state index in [1.807, 2.05) is 46.2 Å². The zero-order valence-electron chi connectivity index (χ0n) is 19.3. The Bertz CT molecular complexity index is 1370. The Hall–Kier alpha value is -4.25. The number of nitrogens with zero attached hydrogens (tertiary/aromatic N) is 5. The van der Waals surface area contributed by atoms with E-state index in [1.165, 1.54) is 23.7 Å². The highest BCUT2D eigenvalue weighted by Gasteiger charge is 2.26. The highest BCUT2D eigenvalue weighted by Crippen LogP contribution is 2.22. The summed E-state index contributed by atoms with van der Waals surface area (Å²) in [6.07, 6.45) is 0. The van der Waals surface area contributed by atoms with Crippen molar-refractivity contribution in [3.8, 4) is 0 Å². The van der Waals surface area contributed by atoms with Crippen LogP contribution in [0.4, 0.5) is 17.2 Å². The lowest BCUT2D eigenvalue weighted by atomic mass is 10.1. The summed E-state index contributed by atoms with van der Waals surface area (Å²) < 4.78 is 2.15. The van der Waals surface area contributed by atoms with Gasteiger partial charge in [-0.1, -0.05) is 36.4 Å². The van der Waals surface area contributed by atoms with E-state index >= 15 is 0 Å². The van der Waals surface area contributed by atoms with E-state index < -0.39 is 22.0 Å². The fourth-order valence-corrected chi connectivity index (χ4v) is 4.21. The van der Waals surface area contributed by atoms with Crippen LogP contribution in [-0.4, -0.2) is 57.5 Å². The SMILES string of the molecule is Cn1c(=O)c(C(=O)CN2CCN(c3cccc([N+](=O)[O-])c3)CC2)c(N)n(Cc2ccccc2)c1=O. The lowest BCUT2D eigenvalue weighted by molar-refractivity contribution is -0.384. The Morgan fingerprint density at radius 3 is 2.37 bits per heavy atom. The van der Waals surface area contributed by atoms with Crippen LogP contribution in [0.15, 0.2) is 64.2 Å². The standard InChI is InChI=1S/C24H26N6O5/c1-26-23(32)21(22(25)29(24(26)33)15-17-6-3-2-4-7-17)20(31)16-27-10-12-28(13-11-27)18-8-5-9-19(14-18)30(34)35/h2-9,14H,10-13,15-16,25H2,1H3. The normalized spacial score (nSPS) is 14.1. The van der Waals surface area contributed by atoms with Crippen molar-refractivity contribution in [1.82, 2.24) is 14.0 Å². The molecule has 2 heterocycles. The molecule has 11 nitrogen and oxygen atoms in total. The topological polar surface area (TPSA) is 137 Å². The molecule has 0 radical (unpaired) electrons. The molecule has 1 aliphatic rings. The number of non-ortho nitro benzene ring substituents is 1. The summed E-state index contributed by atoms with van der Waals surface area (Å²) in [6.45, 7) is 2.30. The van der Waals surface area contributed by atoms with Crippen molar-refractivity contribution in [1.29, 1.82) is 0 Å². The average Bonchev–Trinajstić information content (AvgIpc) is 2.86. The van der Waals surface area contributed by atoms with Gasteiger partial charge in [-0.2, -0.15) is 0 Å². The number of rotatable bonds is 7. The molecule has 35 heavy (non-hydrogen) atoms. The Labute approximate surface area is 200 Å². The van der Waals surface area contributed by atoms with Gasteiger partial charge < -0.3 is 10.6 Å². The van der Waals surface area contributed by atoms with Crippen LogP contribution in [0.3, 0.4) is 0 Å². The summed E-state index contributed by atoms with van der Waals surface area (Å²) in [5, 5.41) is 11.1. The predicted molar refractivity (Wildman–Crippen MR) is 132 cm³/mol. The summed E-state index contributed by atoms with van der Waals surface area (Å²) in [4.78, 5) is 53.2. The second kappa shape index (κ2) is 9.94. The maximum absolute atomic E-state index is 13.2. The molecular weight excluding hydrogens is 452 g/mol. The van der Waals surface area contributed by atoms with Crippen molar-refractivity contribution in [2.75, 3.05) is 43.4 Å². The number of nitro groups is 1. The number of nitro benzene ring substituents is 1. The van der Waals surface area contributed by atoms with Gasteiger partial charge in [0.1, 0.15) is 11.4 Å². The van der Waals surface area contributed by atoms with E-state index in [2.05, 4.69) is 0 Å². The van der Waals surface area contributed by atoms with Crippen molar-refractivity contribution in [3.63, 3.8) is 0 Å². The van der Waals surface area contributed by atoms with Crippen LogP contribution in [0.1, 0.15) is 15.9 Å². The van der Waals surface area contributed by atoms with E-state index in [0.29, 0.717) is 26.2 Å². The van der Waals surface area contributed by atoms with Crippen molar-refractivity contribution < 1.29 is 9.72 Å². The second-order valence-corrected chi connectivity index (χ2v) is 8.44. The molecule has 0 bridgehead atoms. The number of nitrogens with two attached hydrogens (primary N) is 1. The lowest BCUT2D eigenvalue weighted by Gasteiger charge is -2.35. The van der Waals surface area contributed by atoms with Crippen LogP contribution in [0, 0.1) is 10.1 Å². The number of anilines is 2. The molecule has 0 unspecified atom stereocenters. The van der Waals surface area contributed by atoms with Gasteiger partial charge in [0.05, 0.1) is 18.0 Å². The molecule has 0 aliphatic carbocycles. The second-order valence-electron chi connectivity index (χ2n) is 8.44. The van der Waals surface area contributed by atoms with Crippen LogP contribution in [0.5, 0.6) is 0 Å². The van der Waals surface area contributed by atoms with Crippen molar-refractivity contribution in [3.05, 3.63) is 96.7 Å². The van der Waals surface area contributed by atoms with Crippen LogP contribution in [-0.2, 0) is 13.6 Å². The fraction of sp³-hybridized carbons (Fsp3) is 0.292. The van der Waals surface area contributed by atoms with Crippen molar-refractivity contribution in [2.24, 2.45) is 7.05 Å². The monoisotopic (exact) mass is 478 g/mol. The number of Topliss-reactive ketones (excluding diaryl/α,β-unsaturated/α-hetero) is 1. The number of hydrogen-bond donors (Lipinski definition) is 1. The molecule has 11 heteroatoms. The van der Waals surface area contributed by atoms with Gasteiger partial charge in [0.15, 0.2) is 5.78 Å². The molecule has 0 spiro atoms. The molecular formula is C24H26N6O5. The van der Waals surface area contributed by atoms with Gasteiger partial charge in [0, 0.05) is 51.0 Å². The van der Waals surface area contributed by atoms with Crippen LogP contribution >= 0.6 is 0 Å². The number of aromatic nitrogens is 2. The minimum atomic E-state index is -0.711. The van der Waals surface area contributed by atoms with E-state index in [4.69, 9.17) is 5.73 Å². The number of ketones is 1. The van der Waals surface area contributed by atoms with Gasteiger partial charge in [-0.15, -0.1) is 0 Å². The summed E-state index contributed by atoms with van der Waals surface area (Å²) >= 11 is 0. The molecule has 0 saturated carbocycles. The number of carbonyl (C=O) groups excluding carboxylic acids is 1. The van der Waals surface area contributed by atoms with Crippen LogP contribution in [0.2, 0.25) is 0 Å². The maximum atomic E-state index is 13.2.